The van der Waals surface area contributed by atoms with Crippen molar-refractivity contribution in [3.63, 3.8) is 0 Å². The van der Waals surface area contributed by atoms with Crippen molar-refractivity contribution in [2.45, 2.75) is 19.5 Å². The monoisotopic (exact) mass is 242 g/mol. The van der Waals surface area contributed by atoms with Crippen LogP contribution in [0.1, 0.15) is 12.5 Å². The molecule has 0 heterocycles. The molecule has 0 fully saturated rings. The van der Waals surface area contributed by atoms with Gasteiger partial charge in [-0.3, -0.25) is 4.90 Å². The van der Waals surface area contributed by atoms with Crippen LogP contribution in [0.3, 0.4) is 0 Å². The van der Waals surface area contributed by atoms with Crippen molar-refractivity contribution in [3.8, 4) is 6.07 Å². The summed E-state index contributed by atoms with van der Waals surface area (Å²) in [6.45, 7) is 2.46. The van der Waals surface area contributed by atoms with Crippen molar-refractivity contribution in [2.75, 3.05) is 7.05 Å². The summed E-state index contributed by atoms with van der Waals surface area (Å²) in [4.78, 5) is 1.91. The topological polar surface area (TPSA) is 27.0 Å². The van der Waals surface area contributed by atoms with Gasteiger partial charge in [0, 0.05) is 6.54 Å². The fourth-order valence-electron chi connectivity index (χ4n) is 1.17. The van der Waals surface area contributed by atoms with Gasteiger partial charge in [0.2, 0.25) is 0 Å². The number of nitriles is 1. The molecule has 0 aliphatic carbocycles. The van der Waals surface area contributed by atoms with Gasteiger partial charge < -0.3 is 0 Å². The zero-order valence-corrected chi connectivity index (χ0v) is 10.2. The average Bonchev–Trinajstić information content (AvgIpc) is 2.23. The minimum Gasteiger partial charge on any atom is -0.287 e. The molecule has 0 saturated carbocycles. The van der Waals surface area contributed by atoms with E-state index in [4.69, 9.17) is 28.5 Å². The summed E-state index contributed by atoms with van der Waals surface area (Å²) in [5.74, 6) is 0. The zero-order valence-electron chi connectivity index (χ0n) is 8.67. The molecule has 0 aliphatic rings. The molecule has 0 amide bonds. The lowest BCUT2D eigenvalue weighted by molar-refractivity contribution is 0.294. The predicted molar refractivity (Wildman–Crippen MR) is 63.0 cm³/mol. The Morgan fingerprint density at radius 1 is 1.47 bits per heavy atom. The van der Waals surface area contributed by atoms with Crippen LogP contribution in [-0.4, -0.2) is 18.0 Å². The molecule has 15 heavy (non-hydrogen) atoms. The molecular formula is C11H12Cl2N2. The van der Waals surface area contributed by atoms with Crippen molar-refractivity contribution in [3.05, 3.63) is 33.8 Å². The summed E-state index contributed by atoms with van der Waals surface area (Å²) in [6, 6.07) is 7.55. The zero-order chi connectivity index (χ0) is 11.4. The van der Waals surface area contributed by atoms with Gasteiger partial charge in [-0.05, 0) is 25.6 Å². The predicted octanol–water partition coefficient (Wildman–Crippen LogP) is 3.34. The number of hydrogen-bond acceptors (Lipinski definition) is 2. The second-order valence-electron chi connectivity index (χ2n) is 3.43. The van der Waals surface area contributed by atoms with E-state index in [0.29, 0.717) is 16.6 Å². The Labute approximate surface area is 100 Å². The molecule has 0 aliphatic heterocycles. The lowest BCUT2D eigenvalue weighted by Gasteiger charge is -2.19. The first-order chi connectivity index (χ1) is 7.06. The van der Waals surface area contributed by atoms with Crippen LogP contribution in [-0.2, 0) is 6.54 Å². The summed E-state index contributed by atoms with van der Waals surface area (Å²) in [5.41, 5.74) is 0.939. The molecule has 80 valence electrons. The molecule has 0 N–H and O–H groups in total. The van der Waals surface area contributed by atoms with Gasteiger partial charge in [-0.15, -0.1) is 0 Å². The summed E-state index contributed by atoms with van der Waals surface area (Å²) in [6.07, 6.45) is 0. The quantitative estimate of drug-likeness (QED) is 0.814. The summed E-state index contributed by atoms with van der Waals surface area (Å²) in [5, 5.41) is 9.87. The van der Waals surface area contributed by atoms with Crippen molar-refractivity contribution in [1.29, 1.82) is 5.26 Å². The number of rotatable bonds is 3. The van der Waals surface area contributed by atoms with E-state index in [1.165, 1.54) is 0 Å². The molecule has 0 radical (unpaired) electrons. The Kier molecular flexibility index (Phi) is 4.41. The first-order valence-corrected chi connectivity index (χ1v) is 5.34. The van der Waals surface area contributed by atoms with Gasteiger partial charge in [-0.2, -0.15) is 5.26 Å². The van der Waals surface area contributed by atoms with E-state index < -0.39 is 0 Å². The van der Waals surface area contributed by atoms with Crippen molar-refractivity contribution < 1.29 is 0 Å². The van der Waals surface area contributed by atoms with Crippen LogP contribution in [0.4, 0.5) is 0 Å². The number of hydrogen-bond donors (Lipinski definition) is 0. The molecule has 1 aromatic carbocycles. The summed E-state index contributed by atoms with van der Waals surface area (Å²) < 4.78 is 0. The molecule has 4 heteroatoms. The number of nitrogens with zero attached hydrogens (tertiary/aromatic N) is 2. The van der Waals surface area contributed by atoms with E-state index in [1.807, 2.05) is 31.0 Å². The lowest BCUT2D eigenvalue weighted by Crippen LogP contribution is -2.27. The van der Waals surface area contributed by atoms with E-state index >= 15 is 0 Å². The normalized spacial score (nSPS) is 12.5. The van der Waals surface area contributed by atoms with Crippen molar-refractivity contribution in [1.82, 2.24) is 4.90 Å². The van der Waals surface area contributed by atoms with Gasteiger partial charge in [0.05, 0.1) is 22.2 Å². The Morgan fingerprint density at radius 2 is 2.13 bits per heavy atom. The maximum atomic E-state index is 8.76. The maximum Gasteiger partial charge on any atom is 0.0949 e. The molecule has 1 unspecified atom stereocenters. The molecule has 2 nitrogen and oxygen atoms in total. The fourth-order valence-corrected chi connectivity index (χ4v) is 1.55. The minimum atomic E-state index is -0.139. The van der Waals surface area contributed by atoms with Crippen LogP contribution in [0.2, 0.25) is 10.0 Å². The van der Waals surface area contributed by atoms with E-state index in [0.717, 1.165) is 5.56 Å². The van der Waals surface area contributed by atoms with Gasteiger partial charge in [0.1, 0.15) is 0 Å². The largest absolute Gasteiger partial charge is 0.287 e. The molecule has 0 aromatic heterocycles. The van der Waals surface area contributed by atoms with Crippen LogP contribution in [0, 0.1) is 11.3 Å². The lowest BCUT2D eigenvalue weighted by atomic mass is 10.2. The second-order valence-corrected chi connectivity index (χ2v) is 4.22. The number of benzene rings is 1. The molecular weight excluding hydrogens is 231 g/mol. The maximum absolute atomic E-state index is 8.76. The van der Waals surface area contributed by atoms with Gasteiger partial charge in [0.25, 0.3) is 0 Å². The minimum absolute atomic E-state index is 0.139. The van der Waals surface area contributed by atoms with Gasteiger partial charge in [-0.1, -0.05) is 35.3 Å². The van der Waals surface area contributed by atoms with Crippen LogP contribution >= 0.6 is 23.2 Å². The number of halogens is 2. The third-order valence-corrected chi connectivity index (χ3v) is 3.16. The average molecular weight is 243 g/mol. The third-order valence-electron chi connectivity index (χ3n) is 2.30. The van der Waals surface area contributed by atoms with E-state index in [-0.39, 0.29) is 6.04 Å². The van der Waals surface area contributed by atoms with Crippen LogP contribution in [0.5, 0.6) is 0 Å². The van der Waals surface area contributed by atoms with Crippen molar-refractivity contribution >= 4 is 23.2 Å². The van der Waals surface area contributed by atoms with Crippen LogP contribution < -0.4 is 0 Å². The molecule has 0 bridgehead atoms. The highest BCUT2D eigenvalue weighted by Crippen LogP contribution is 2.26. The van der Waals surface area contributed by atoms with Crippen LogP contribution in [0.25, 0.3) is 0 Å². The van der Waals surface area contributed by atoms with E-state index in [9.17, 15) is 0 Å². The molecule has 1 aromatic rings. The second kappa shape index (κ2) is 5.37. The Hall–Kier alpha value is -0.750. The van der Waals surface area contributed by atoms with Gasteiger partial charge >= 0.3 is 0 Å². The van der Waals surface area contributed by atoms with Crippen molar-refractivity contribution in [2.24, 2.45) is 0 Å². The highest BCUT2D eigenvalue weighted by Gasteiger charge is 2.11. The van der Waals surface area contributed by atoms with Crippen LogP contribution in [0.15, 0.2) is 18.2 Å². The smallest absolute Gasteiger partial charge is 0.0949 e. The highest BCUT2D eigenvalue weighted by molar-refractivity contribution is 6.42. The standard InChI is InChI=1S/C11H12Cl2N2/c1-8(6-14)15(2)7-9-4-3-5-10(12)11(9)13/h3-5,8H,7H2,1-2H3. The third kappa shape index (κ3) is 3.10. The Balaban J connectivity index is 2.82. The first-order valence-electron chi connectivity index (χ1n) is 4.59. The summed E-state index contributed by atoms with van der Waals surface area (Å²) in [7, 11) is 1.88. The highest BCUT2D eigenvalue weighted by atomic mass is 35.5. The Morgan fingerprint density at radius 3 is 2.73 bits per heavy atom. The van der Waals surface area contributed by atoms with Gasteiger partial charge in [-0.25, -0.2) is 0 Å². The SMILES string of the molecule is CC(C#N)N(C)Cc1cccc(Cl)c1Cl. The molecule has 0 saturated heterocycles. The Bertz CT molecular complexity index is 385. The molecule has 0 spiro atoms. The molecule has 1 atom stereocenters. The first kappa shape index (κ1) is 12.3. The summed E-state index contributed by atoms with van der Waals surface area (Å²) >= 11 is 11.9. The molecule has 1 rings (SSSR count). The fraction of sp³-hybridized carbons (Fsp3) is 0.364. The van der Waals surface area contributed by atoms with E-state index in [1.54, 1.807) is 6.07 Å². The van der Waals surface area contributed by atoms with Gasteiger partial charge in [0.15, 0.2) is 0 Å². The van der Waals surface area contributed by atoms with E-state index in [2.05, 4.69) is 6.07 Å².